The molecule has 1 N–H and O–H groups in total. The van der Waals surface area contributed by atoms with Gasteiger partial charge in [-0.25, -0.2) is 0 Å². The number of rotatable bonds is 0. The van der Waals surface area contributed by atoms with Crippen LogP contribution >= 0.6 is 0 Å². The lowest BCUT2D eigenvalue weighted by atomic mass is 10.0. The molecule has 2 aromatic carbocycles. The molecule has 18 heavy (non-hydrogen) atoms. The highest BCUT2D eigenvalue weighted by atomic mass is 16.3. The highest BCUT2D eigenvalue weighted by Crippen LogP contribution is 2.30. The molecule has 1 aromatic heterocycles. The Labute approximate surface area is 103 Å². The zero-order valence-corrected chi connectivity index (χ0v) is 10.2. The molecule has 3 aromatic rings. The van der Waals surface area contributed by atoms with E-state index in [2.05, 4.69) is 0 Å². The molecule has 0 bridgehead atoms. The van der Waals surface area contributed by atoms with Crippen molar-refractivity contribution < 1.29 is 9.52 Å². The Morgan fingerprint density at radius 3 is 2.67 bits per heavy atom. The summed E-state index contributed by atoms with van der Waals surface area (Å²) in [5, 5.41) is 10.7. The van der Waals surface area contributed by atoms with Gasteiger partial charge in [-0.1, -0.05) is 12.1 Å². The predicted octanol–water partition coefficient (Wildman–Crippen LogP) is 3.27. The molecule has 0 aliphatic rings. The van der Waals surface area contributed by atoms with E-state index >= 15 is 0 Å². The van der Waals surface area contributed by atoms with Crippen molar-refractivity contribution in [2.75, 3.05) is 0 Å². The predicted molar refractivity (Wildman–Crippen MR) is 71.1 cm³/mol. The van der Waals surface area contributed by atoms with Gasteiger partial charge in [0.2, 0.25) is 5.43 Å². The third-order valence-electron chi connectivity index (χ3n) is 3.34. The molecule has 3 nitrogen and oxygen atoms in total. The minimum atomic E-state index is -0.188. The molecular weight excluding hydrogens is 228 g/mol. The van der Waals surface area contributed by atoms with Gasteiger partial charge in [-0.05, 0) is 43.2 Å². The second-order valence-corrected chi connectivity index (χ2v) is 4.47. The molecule has 3 heteroatoms. The zero-order chi connectivity index (χ0) is 12.9. The van der Waals surface area contributed by atoms with E-state index in [9.17, 15) is 9.90 Å². The SMILES string of the molecule is Cc1cc(O)c2c(=O)c3ccccc3oc2c1C. The quantitative estimate of drug-likeness (QED) is 0.613. The van der Waals surface area contributed by atoms with Gasteiger partial charge in [0, 0.05) is 0 Å². The van der Waals surface area contributed by atoms with Crippen molar-refractivity contribution in [3.05, 3.63) is 51.7 Å². The maximum Gasteiger partial charge on any atom is 0.204 e. The first-order valence-electron chi connectivity index (χ1n) is 5.74. The van der Waals surface area contributed by atoms with E-state index in [0.717, 1.165) is 11.1 Å². The Morgan fingerprint density at radius 2 is 1.89 bits per heavy atom. The number of benzene rings is 2. The molecule has 0 saturated heterocycles. The van der Waals surface area contributed by atoms with Gasteiger partial charge in [-0.2, -0.15) is 0 Å². The normalized spacial score (nSPS) is 11.2. The fourth-order valence-electron chi connectivity index (χ4n) is 2.20. The Balaban J connectivity index is 2.69. The summed E-state index contributed by atoms with van der Waals surface area (Å²) in [6, 6.07) is 8.67. The zero-order valence-electron chi connectivity index (χ0n) is 10.2. The molecule has 0 amide bonds. The van der Waals surface area contributed by atoms with Crippen LogP contribution in [0.1, 0.15) is 11.1 Å². The average molecular weight is 240 g/mol. The van der Waals surface area contributed by atoms with Gasteiger partial charge in [0.1, 0.15) is 22.3 Å². The molecule has 0 atom stereocenters. The van der Waals surface area contributed by atoms with E-state index in [1.165, 1.54) is 0 Å². The molecule has 0 radical (unpaired) electrons. The first-order valence-corrected chi connectivity index (χ1v) is 5.74. The van der Waals surface area contributed by atoms with E-state index in [4.69, 9.17) is 4.42 Å². The van der Waals surface area contributed by atoms with Gasteiger partial charge in [-0.15, -0.1) is 0 Å². The van der Waals surface area contributed by atoms with E-state index in [1.54, 1.807) is 24.3 Å². The summed E-state index contributed by atoms with van der Waals surface area (Å²) in [5.74, 6) is -0.0207. The number of para-hydroxylation sites is 1. The van der Waals surface area contributed by atoms with Crippen LogP contribution in [0.15, 0.2) is 39.5 Å². The maximum absolute atomic E-state index is 12.4. The Kier molecular flexibility index (Phi) is 2.17. The summed E-state index contributed by atoms with van der Waals surface area (Å²) in [6.07, 6.45) is 0. The van der Waals surface area contributed by atoms with Gasteiger partial charge in [0.15, 0.2) is 0 Å². The number of hydrogen-bond acceptors (Lipinski definition) is 3. The highest BCUT2D eigenvalue weighted by Gasteiger charge is 2.14. The second-order valence-electron chi connectivity index (χ2n) is 4.47. The van der Waals surface area contributed by atoms with Crippen LogP contribution in [0, 0.1) is 13.8 Å². The van der Waals surface area contributed by atoms with Gasteiger partial charge >= 0.3 is 0 Å². The Bertz CT molecular complexity index is 828. The molecular formula is C15H12O3. The van der Waals surface area contributed by atoms with Crippen LogP contribution in [-0.4, -0.2) is 5.11 Å². The van der Waals surface area contributed by atoms with Crippen LogP contribution in [-0.2, 0) is 0 Å². The lowest BCUT2D eigenvalue weighted by Gasteiger charge is -2.08. The standard InChI is InChI=1S/C15H12O3/c1-8-7-11(16)13-14(17)10-5-3-4-6-12(10)18-15(13)9(8)2/h3-7,16H,1-2H3. The molecule has 0 fully saturated rings. The minimum Gasteiger partial charge on any atom is -0.507 e. The number of phenols is 1. The Hall–Kier alpha value is -2.29. The molecule has 0 aliphatic carbocycles. The third kappa shape index (κ3) is 1.34. The fraction of sp³-hybridized carbons (Fsp3) is 0.133. The first kappa shape index (κ1) is 10.8. The molecule has 3 rings (SSSR count). The summed E-state index contributed by atoms with van der Waals surface area (Å²) in [5.41, 5.74) is 2.61. The molecule has 0 saturated carbocycles. The molecule has 0 unspecified atom stereocenters. The van der Waals surface area contributed by atoms with Crippen LogP contribution in [0.5, 0.6) is 5.75 Å². The highest BCUT2D eigenvalue weighted by molar-refractivity contribution is 5.94. The fourth-order valence-corrected chi connectivity index (χ4v) is 2.20. The van der Waals surface area contributed by atoms with E-state index in [0.29, 0.717) is 16.6 Å². The van der Waals surface area contributed by atoms with Crippen molar-refractivity contribution in [1.82, 2.24) is 0 Å². The average Bonchev–Trinajstić information content (AvgIpc) is 2.36. The summed E-state index contributed by atoms with van der Waals surface area (Å²) < 4.78 is 5.76. The monoisotopic (exact) mass is 240 g/mol. The smallest absolute Gasteiger partial charge is 0.204 e. The third-order valence-corrected chi connectivity index (χ3v) is 3.34. The van der Waals surface area contributed by atoms with Crippen LogP contribution < -0.4 is 5.43 Å². The number of aryl methyl sites for hydroxylation is 2. The molecule has 1 heterocycles. The number of hydrogen-bond donors (Lipinski definition) is 1. The summed E-state index contributed by atoms with van der Waals surface area (Å²) in [4.78, 5) is 12.4. The van der Waals surface area contributed by atoms with Gasteiger partial charge in [0.05, 0.1) is 5.39 Å². The van der Waals surface area contributed by atoms with Crippen molar-refractivity contribution in [1.29, 1.82) is 0 Å². The lowest BCUT2D eigenvalue weighted by molar-refractivity contribution is 0.479. The first-order chi connectivity index (χ1) is 8.59. The molecule has 0 spiro atoms. The summed E-state index contributed by atoms with van der Waals surface area (Å²) >= 11 is 0. The minimum absolute atomic E-state index is 0.0207. The van der Waals surface area contributed by atoms with Crippen molar-refractivity contribution in [2.45, 2.75) is 13.8 Å². The summed E-state index contributed by atoms with van der Waals surface area (Å²) in [6.45, 7) is 3.76. The van der Waals surface area contributed by atoms with E-state index < -0.39 is 0 Å². The van der Waals surface area contributed by atoms with Crippen molar-refractivity contribution in [3.8, 4) is 5.75 Å². The maximum atomic E-state index is 12.4. The van der Waals surface area contributed by atoms with Crippen LogP contribution in [0.3, 0.4) is 0 Å². The van der Waals surface area contributed by atoms with Crippen LogP contribution in [0.4, 0.5) is 0 Å². The Morgan fingerprint density at radius 1 is 1.17 bits per heavy atom. The van der Waals surface area contributed by atoms with Crippen molar-refractivity contribution in [3.63, 3.8) is 0 Å². The van der Waals surface area contributed by atoms with Gasteiger partial charge in [0.25, 0.3) is 0 Å². The van der Waals surface area contributed by atoms with Gasteiger partial charge in [-0.3, -0.25) is 4.79 Å². The lowest BCUT2D eigenvalue weighted by Crippen LogP contribution is -2.03. The van der Waals surface area contributed by atoms with Crippen LogP contribution in [0.25, 0.3) is 21.9 Å². The topological polar surface area (TPSA) is 50.4 Å². The van der Waals surface area contributed by atoms with Gasteiger partial charge < -0.3 is 9.52 Å². The summed E-state index contributed by atoms with van der Waals surface area (Å²) in [7, 11) is 0. The number of fused-ring (bicyclic) bond motifs is 2. The molecule has 90 valence electrons. The van der Waals surface area contributed by atoms with Crippen LogP contribution in [0.2, 0.25) is 0 Å². The second kappa shape index (κ2) is 3.60. The van der Waals surface area contributed by atoms with E-state index in [1.807, 2.05) is 19.9 Å². The number of phenolic OH excluding ortho intramolecular Hbond substituents is 1. The largest absolute Gasteiger partial charge is 0.507 e. The van der Waals surface area contributed by atoms with Crippen molar-refractivity contribution in [2.24, 2.45) is 0 Å². The number of aromatic hydroxyl groups is 1. The van der Waals surface area contributed by atoms with Crippen molar-refractivity contribution >= 4 is 21.9 Å². The van der Waals surface area contributed by atoms with E-state index in [-0.39, 0.29) is 16.6 Å². The molecule has 0 aliphatic heterocycles.